The molecule has 63 heavy (non-hydrogen) atoms. The Morgan fingerprint density at radius 2 is 0.492 bits per heavy atom. The van der Waals surface area contributed by atoms with Gasteiger partial charge in [0.2, 0.25) is 0 Å². The molecule has 304 valence electrons. The predicted octanol–water partition coefficient (Wildman–Crippen LogP) is 16.7. The van der Waals surface area contributed by atoms with E-state index in [2.05, 4.69) is 267 Å². The topological polar surface area (TPSA) is 9.72 Å². The summed E-state index contributed by atoms with van der Waals surface area (Å²) in [5.41, 5.74) is 20.3. The van der Waals surface area contributed by atoms with E-state index in [1.807, 2.05) is 0 Å². The largest absolute Gasteiger partial charge is 0.310 e. The van der Waals surface area contributed by atoms with Crippen LogP contribution in [0.3, 0.4) is 0 Å². The fourth-order valence-electron chi connectivity index (χ4n) is 10.3. The summed E-state index contributed by atoms with van der Waals surface area (Å²) in [6.07, 6.45) is 0. The van der Waals surface area contributed by atoms with Gasteiger partial charge in [0.15, 0.2) is 0 Å². The van der Waals surface area contributed by atoms with Crippen molar-refractivity contribution in [3.63, 3.8) is 0 Å². The second kappa shape index (κ2) is 15.1. The molecule has 0 bridgehead atoms. The zero-order chi connectivity index (χ0) is 42.7. The maximum atomic E-state index is 2.44. The second-order valence-corrected chi connectivity index (χ2v) is 17.9. The summed E-state index contributed by atoms with van der Waals surface area (Å²) >= 11 is 0. The highest BCUT2D eigenvalue weighted by molar-refractivity contribution is 5.90. The molecule has 0 amide bonds. The minimum absolute atomic E-state index is 0.123. The molecule has 0 fully saturated rings. The second-order valence-electron chi connectivity index (χ2n) is 17.9. The minimum atomic E-state index is -0.153. The molecular formula is C60H49N3. The molecule has 9 aromatic carbocycles. The molecule has 0 saturated heterocycles. The maximum absolute atomic E-state index is 2.44. The molecule has 0 heterocycles. The van der Waals surface area contributed by atoms with Crippen molar-refractivity contribution in [3.8, 4) is 22.3 Å². The van der Waals surface area contributed by atoms with E-state index in [1.165, 1.54) is 44.5 Å². The van der Waals surface area contributed by atoms with Crippen molar-refractivity contribution in [2.75, 3.05) is 14.7 Å². The summed E-state index contributed by atoms with van der Waals surface area (Å²) in [7, 11) is 0. The Morgan fingerprint density at radius 3 is 0.873 bits per heavy atom. The molecular weight excluding hydrogens is 763 g/mol. The van der Waals surface area contributed by atoms with Crippen LogP contribution in [-0.4, -0.2) is 0 Å². The summed E-state index contributed by atoms with van der Waals surface area (Å²) in [6.45, 7) is 9.43. The Labute approximate surface area is 371 Å². The van der Waals surface area contributed by atoms with E-state index in [4.69, 9.17) is 0 Å². The van der Waals surface area contributed by atoms with E-state index in [-0.39, 0.29) is 10.8 Å². The van der Waals surface area contributed by atoms with Crippen molar-refractivity contribution in [3.05, 3.63) is 247 Å². The van der Waals surface area contributed by atoms with E-state index in [1.54, 1.807) is 0 Å². The van der Waals surface area contributed by atoms with Crippen LogP contribution in [0.4, 0.5) is 51.2 Å². The Kier molecular flexibility index (Phi) is 9.17. The van der Waals surface area contributed by atoms with Crippen LogP contribution in [-0.2, 0) is 10.8 Å². The SMILES string of the molecule is CC1(C)c2ccccc2-c2ccc(N(c3ccccc3)c3cccc(N(c4cccc(N(c5ccccc5)c5ccccc5)c4)c4ccc5c(c4)C(C)(C)c4ccccc4-5)c3)cc21. The molecule has 0 atom stereocenters. The monoisotopic (exact) mass is 811 g/mol. The van der Waals surface area contributed by atoms with Crippen molar-refractivity contribution in [2.45, 2.75) is 38.5 Å². The lowest BCUT2D eigenvalue weighted by Crippen LogP contribution is -2.18. The van der Waals surface area contributed by atoms with E-state index in [0.717, 1.165) is 51.2 Å². The van der Waals surface area contributed by atoms with E-state index < -0.39 is 0 Å². The smallest absolute Gasteiger partial charge is 0.0482 e. The van der Waals surface area contributed by atoms with Crippen molar-refractivity contribution in [1.82, 2.24) is 0 Å². The molecule has 0 unspecified atom stereocenters. The molecule has 3 heteroatoms. The normalized spacial score (nSPS) is 13.7. The van der Waals surface area contributed by atoms with Crippen molar-refractivity contribution >= 4 is 51.2 Å². The third-order valence-corrected chi connectivity index (χ3v) is 13.4. The number of benzene rings is 9. The summed E-state index contributed by atoms with van der Waals surface area (Å²) in [6, 6.07) is 82.0. The summed E-state index contributed by atoms with van der Waals surface area (Å²) in [5.74, 6) is 0. The van der Waals surface area contributed by atoms with Gasteiger partial charge in [0.05, 0.1) is 0 Å². The Morgan fingerprint density at radius 1 is 0.222 bits per heavy atom. The summed E-state index contributed by atoms with van der Waals surface area (Å²) < 4.78 is 0. The number of para-hydroxylation sites is 3. The Hall–Kier alpha value is -7.62. The third-order valence-electron chi connectivity index (χ3n) is 13.4. The third kappa shape index (κ3) is 6.43. The van der Waals surface area contributed by atoms with Crippen molar-refractivity contribution in [1.29, 1.82) is 0 Å². The van der Waals surface area contributed by atoms with Gasteiger partial charge in [-0.25, -0.2) is 0 Å². The highest BCUT2D eigenvalue weighted by atomic mass is 15.2. The molecule has 11 rings (SSSR count). The number of nitrogens with zero attached hydrogens (tertiary/aromatic N) is 3. The van der Waals surface area contributed by atoms with Crippen LogP contribution in [0.15, 0.2) is 224 Å². The zero-order valence-electron chi connectivity index (χ0n) is 36.2. The molecule has 3 nitrogen and oxygen atoms in total. The van der Waals surface area contributed by atoms with Gasteiger partial charge in [0, 0.05) is 62.0 Å². The fraction of sp³-hybridized carbons (Fsp3) is 0.100. The summed E-state index contributed by atoms with van der Waals surface area (Å²) in [4.78, 5) is 7.18. The van der Waals surface area contributed by atoms with Crippen LogP contribution in [0.25, 0.3) is 22.3 Å². The van der Waals surface area contributed by atoms with Gasteiger partial charge < -0.3 is 14.7 Å². The predicted molar refractivity (Wildman–Crippen MR) is 266 cm³/mol. The molecule has 2 aliphatic rings. The average Bonchev–Trinajstić information content (AvgIpc) is 3.69. The van der Waals surface area contributed by atoms with Crippen LogP contribution < -0.4 is 14.7 Å². The van der Waals surface area contributed by atoms with Crippen LogP contribution in [0.1, 0.15) is 49.9 Å². The van der Waals surface area contributed by atoms with Gasteiger partial charge in [0.1, 0.15) is 0 Å². The lowest BCUT2D eigenvalue weighted by molar-refractivity contribution is 0.660. The maximum Gasteiger partial charge on any atom is 0.0482 e. The van der Waals surface area contributed by atoms with Crippen LogP contribution >= 0.6 is 0 Å². The number of hydrogen-bond acceptors (Lipinski definition) is 3. The van der Waals surface area contributed by atoms with E-state index in [0.29, 0.717) is 0 Å². The highest BCUT2D eigenvalue weighted by Crippen LogP contribution is 2.53. The fourth-order valence-corrected chi connectivity index (χ4v) is 10.3. The van der Waals surface area contributed by atoms with Crippen molar-refractivity contribution in [2.24, 2.45) is 0 Å². The highest BCUT2D eigenvalue weighted by Gasteiger charge is 2.37. The average molecular weight is 812 g/mol. The standard InChI is InChI=1S/C60H49N3/c1-59(2)55-32-16-14-30-51(55)53-36-34-49(40-57(53)59)62(44-24-12-7-13-25-44)46-27-19-29-48(39-46)63(50-35-37-54-52-31-15-17-33-56(52)60(3,4)58(54)41-50)47-28-18-26-45(38-47)61(42-20-8-5-9-21-42)43-22-10-6-11-23-43/h5-41H,1-4H3. The van der Waals surface area contributed by atoms with E-state index in [9.17, 15) is 0 Å². The molecule has 0 saturated carbocycles. The quantitative estimate of drug-likeness (QED) is 0.144. The van der Waals surface area contributed by atoms with E-state index >= 15 is 0 Å². The number of fused-ring (bicyclic) bond motifs is 6. The first-order valence-corrected chi connectivity index (χ1v) is 22.0. The number of rotatable bonds is 9. The first kappa shape index (κ1) is 38.3. The number of hydrogen-bond donors (Lipinski definition) is 0. The molecule has 0 aliphatic heterocycles. The van der Waals surface area contributed by atoms with Crippen molar-refractivity contribution < 1.29 is 0 Å². The summed E-state index contributed by atoms with van der Waals surface area (Å²) in [5, 5.41) is 0. The molecule has 0 aromatic heterocycles. The van der Waals surface area contributed by atoms with Gasteiger partial charge in [-0.2, -0.15) is 0 Å². The zero-order valence-corrected chi connectivity index (χ0v) is 36.2. The van der Waals surface area contributed by atoms with Gasteiger partial charge in [-0.15, -0.1) is 0 Å². The Balaban J connectivity index is 1.09. The van der Waals surface area contributed by atoms with Gasteiger partial charge in [0.25, 0.3) is 0 Å². The molecule has 0 spiro atoms. The molecule has 0 radical (unpaired) electrons. The minimum Gasteiger partial charge on any atom is -0.310 e. The lowest BCUT2D eigenvalue weighted by Gasteiger charge is -2.32. The van der Waals surface area contributed by atoms with Gasteiger partial charge in [-0.1, -0.05) is 155 Å². The van der Waals surface area contributed by atoms with Crippen LogP contribution in [0.2, 0.25) is 0 Å². The number of anilines is 9. The first-order chi connectivity index (χ1) is 30.8. The first-order valence-electron chi connectivity index (χ1n) is 22.0. The van der Waals surface area contributed by atoms with Gasteiger partial charge >= 0.3 is 0 Å². The lowest BCUT2D eigenvalue weighted by atomic mass is 9.82. The molecule has 9 aromatic rings. The Bertz CT molecular complexity index is 3090. The van der Waals surface area contributed by atoms with Gasteiger partial charge in [-0.05, 0) is 142 Å². The van der Waals surface area contributed by atoms with Gasteiger partial charge in [-0.3, -0.25) is 0 Å². The molecule has 0 N–H and O–H groups in total. The van der Waals surface area contributed by atoms with Crippen LogP contribution in [0, 0.1) is 0 Å². The molecule has 2 aliphatic carbocycles. The van der Waals surface area contributed by atoms with Crippen LogP contribution in [0.5, 0.6) is 0 Å².